The van der Waals surface area contributed by atoms with Crippen molar-refractivity contribution in [2.75, 3.05) is 11.4 Å². The fraction of sp³-hybridized carbons (Fsp3) is 0.435. The Morgan fingerprint density at radius 1 is 1.14 bits per heavy atom. The molecule has 2 N–H and O–H groups in total. The molecule has 188 valence electrons. The molecule has 1 aromatic carbocycles. The van der Waals surface area contributed by atoms with Gasteiger partial charge in [-0.1, -0.05) is 0 Å². The van der Waals surface area contributed by atoms with Gasteiger partial charge in [0.15, 0.2) is 17.0 Å². The van der Waals surface area contributed by atoms with Gasteiger partial charge in [0.25, 0.3) is 5.95 Å². The largest absolute Gasteiger partial charge is 0.372 e. The molecule has 0 saturated carbocycles. The molecule has 4 heterocycles. The molecule has 1 spiro atoms. The number of anilines is 1. The molecule has 3 aliphatic heterocycles. The smallest absolute Gasteiger partial charge is 0.328 e. The Morgan fingerprint density at radius 3 is 2.47 bits per heavy atom. The summed E-state index contributed by atoms with van der Waals surface area (Å²) in [5, 5.41) is 12.2. The zero-order chi connectivity index (χ0) is 25.8. The van der Waals surface area contributed by atoms with Crippen LogP contribution in [-0.2, 0) is 20.7 Å². The van der Waals surface area contributed by atoms with Crippen LogP contribution in [0.3, 0.4) is 0 Å². The molecule has 2 saturated heterocycles. The second-order valence-electron chi connectivity index (χ2n) is 9.18. The number of azo groups is 1. The van der Waals surface area contributed by atoms with Gasteiger partial charge in [0, 0.05) is 30.9 Å². The van der Waals surface area contributed by atoms with Crippen molar-refractivity contribution >= 4 is 29.5 Å². The second kappa shape index (κ2) is 8.66. The fourth-order valence-corrected chi connectivity index (χ4v) is 5.41. The van der Waals surface area contributed by atoms with Crippen molar-refractivity contribution in [3.63, 3.8) is 0 Å². The van der Waals surface area contributed by atoms with Crippen molar-refractivity contribution in [1.82, 2.24) is 20.6 Å². The standard InChI is InChI=1S/C23H23F2N7O4/c1-10-9-32-17-13(8-23(18(32)12(3)36-10)19(33)28-22(35)29-20(23)34)7-14(15(24)16(17)25)11(2)30-31-21-26-5-4-6-27-21/h4-7,10-12,18H,8-9H2,1-3H3,(H2,28,29,33,34,35)/t10-,11?,12+,18-/m1/s1. The normalized spacial score (nSPS) is 25.9. The minimum Gasteiger partial charge on any atom is -0.372 e. The van der Waals surface area contributed by atoms with Crippen LogP contribution in [0.2, 0.25) is 0 Å². The van der Waals surface area contributed by atoms with Crippen molar-refractivity contribution < 1.29 is 27.9 Å². The summed E-state index contributed by atoms with van der Waals surface area (Å²) in [5.74, 6) is -3.80. The molecule has 36 heavy (non-hydrogen) atoms. The van der Waals surface area contributed by atoms with Crippen LogP contribution in [-0.4, -0.2) is 52.6 Å². The van der Waals surface area contributed by atoms with E-state index in [-0.39, 0.29) is 35.7 Å². The topological polar surface area (TPSA) is 138 Å². The number of amides is 4. The van der Waals surface area contributed by atoms with E-state index in [1.807, 2.05) is 0 Å². The monoisotopic (exact) mass is 499 g/mol. The van der Waals surface area contributed by atoms with Gasteiger partial charge in [-0.25, -0.2) is 23.5 Å². The molecule has 2 aromatic rings. The highest BCUT2D eigenvalue weighted by atomic mass is 19.2. The Balaban J connectivity index is 1.63. The quantitative estimate of drug-likeness (QED) is 0.489. The summed E-state index contributed by atoms with van der Waals surface area (Å²) < 4.78 is 37.0. The number of barbiturate groups is 1. The molecule has 11 nitrogen and oxygen atoms in total. The summed E-state index contributed by atoms with van der Waals surface area (Å²) in [5.41, 5.74) is -1.72. The van der Waals surface area contributed by atoms with Crippen LogP contribution in [0, 0.1) is 17.0 Å². The lowest BCUT2D eigenvalue weighted by atomic mass is 9.66. The maximum absolute atomic E-state index is 15.7. The molecule has 5 rings (SSSR count). The van der Waals surface area contributed by atoms with E-state index in [0.29, 0.717) is 0 Å². The van der Waals surface area contributed by atoms with Crippen LogP contribution in [0.1, 0.15) is 37.9 Å². The third kappa shape index (κ3) is 3.61. The van der Waals surface area contributed by atoms with Gasteiger partial charge in [0.1, 0.15) is 0 Å². The molecular formula is C23H23F2N7O4. The van der Waals surface area contributed by atoms with Gasteiger partial charge in [-0.05, 0) is 38.5 Å². The van der Waals surface area contributed by atoms with Crippen molar-refractivity contribution in [3.8, 4) is 0 Å². The average molecular weight is 499 g/mol. The molecule has 1 aromatic heterocycles. The third-order valence-electron chi connectivity index (χ3n) is 6.82. The number of benzene rings is 1. The Morgan fingerprint density at radius 2 is 1.81 bits per heavy atom. The number of ether oxygens (including phenoxy) is 1. The number of nitrogens with zero attached hydrogens (tertiary/aromatic N) is 5. The highest BCUT2D eigenvalue weighted by molar-refractivity contribution is 6.20. The minimum absolute atomic E-state index is 0.0399. The number of hydrogen-bond donors (Lipinski definition) is 2. The second-order valence-corrected chi connectivity index (χ2v) is 9.18. The lowest BCUT2D eigenvalue weighted by Crippen LogP contribution is -2.75. The number of urea groups is 1. The van der Waals surface area contributed by atoms with Gasteiger partial charge in [0.2, 0.25) is 11.8 Å². The third-order valence-corrected chi connectivity index (χ3v) is 6.82. The number of fused-ring (bicyclic) bond motifs is 4. The number of nitrogens with one attached hydrogen (secondary N) is 2. The van der Waals surface area contributed by atoms with Crippen molar-refractivity contribution in [1.29, 1.82) is 0 Å². The van der Waals surface area contributed by atoms with Crippen molar-refractivity contribution in [3.05, 3.63) is 47.3 Å². The van der Waals surface area contributed by atoms with Gasteiger partial charge < -0.3 is 9.64 Å². The Kier molecular flexibility index (Phi) is 5.74. The molecule has 13 heteroatoms. The molecule has 0 bridgehead atoms. The molecule has 1 unspecified atom stereocenters. The van der Waals surface area contributed by atoms with E-state index < -0.39 is 59.2 Å². The van der Waals surface area contributed by atoms with Crippen molar-refractivity contribution in [2.24, 2.45) is 15.6 Å². The van der Waals surface area contributed by atoms with Gasteiger partial charge in [0.05, 0.1) is 30.0 Å². The number of carbonyl (C=O) groups is 3. The summed E-state index contributed by atoms with van der Waals surface area (Å²) in [4.78, 5) is 47.6. The van der Waals surface area contributed by atoms with E-state index in [2.05, 4.69) is 30.8 Å². The first kappa shape index (κ1) is 23.9. The molecule has 0 aliphatic carbocycles. The highest BCUT2D eigenvalue weighted by Gasteiger charge is 2.63. The Bertz CT molecular complexity index is 1270. The minimum atomic E-state index is -1.80. The average Bonchev–Trinajstić information content (AvgIpc) is 2.83. The first-order valence-electron chi connectivity index (χ1n) is 11.4. The van der Waals surface area contributed by atoms with Crippen LogP contribution in [0.15, 0.2) is 34.8 Å². The highest BCUT2D eigenvalue weighted by Crippen LogP contribution is 2.49. The number of hydrogen-bond acceptors (Lipinski definition) is 9. The predicted octanol–water partition coefficient (Wildman–Crippen LogP) is 2.49. The lowest BCUT2D eigenvalue weighted by molar-refractivity contribution is -0.153. The lowest BCUT2D eigenvalue weighted by Gasteiger charge is -2.55. The first-order chi connectivity index (χ1) is 17.1. The zero-order valence-corrected chi connectivity index (χ0v) is 19.7. The zero-order valence-electron chi connectivity index (χ0n) is 19.7. The van der Waals surface area contributed by atoms with Crippen LogP contribution in [0.25, 0.3) is 0 Å². The molecule has 0 radical (unpaired) electrons. The van der Waals surface area contributed by atoms with Crippen molar-refractivity contribution in [2.45, 2.75) is 51.5 Å². The number of aromatic nitrogens is 2. The number of imide groups is 2. The molecule has 2 fully saturated rings. The fourth-order valence-electron chi connectivity index (χ4n) is 5.41. The molecule has 4 atom stereocenters. The molecule has 3 aliphatic rings. The van der Waals surface area contributed by atoms with E-state index in [1.165, 1.54) is 30.3 Å². The van der Waals surface area contributed by atoms with Crippen LogP contribution in [0.4, 0.5) is 25.2 Å². The summed E-state index contributed by atoms with van der Waals surface area (Å²) in [7, 11) is 0. The van der Waals surface area contributed by atoms with E-state index in [1.54, 1.807) is 19.9 Å². The first-order valence-corrected chi connectivity index (χ1v) is 11.4. The van der Waals surface area contributed by atoms with Gasteiger partial charge >= 0.3 is 6.03 Å². The van der Waals surface area contributed by atoms with Gasteiger partial charge in [-0.15, -0.1) is 5.11 Å². The SMILES string of the molecule is CC(N=Nc1ncccn1)c1cc2c(c(F)c1F)N1C[C@@H](C)O[C@@H](C)[C@@H]1C1(C2)C(=O)NC(=O)NC1=O. The van der Waals surface area contributed by atoms with E-state index >= 15 is 8.78 Å². The van der Waals surface area contributed by atoms with Gasteiger partial charge in [-0.3, -0.25) is 20.2 Å². The predicted molar refractivity (Wildman–Crippen MR) is 120 cm³/mol. The van der Waals surface area contributed by atoms with Crippen LogP contribution < -0.4 is 15.5 Å². The number of halogens is 2. The summed E-state index contributed by atoms with van der Waals surface area (Å²) in [6.07, 6.45) is 1.57. The Hall–Kier alpha value is -3.87. The summed E-state index contributed by atoms with van der Waals surface area (Å²) in [6, 6.07) is 0.154. The van der Waals surface area contributed by atoms with Gasteiger partial charge in [-0.2, -0.15) is 5.11 Å². The maximum atomic E-state index is 15.7. The van der Waals surface area contributed by atoms with E-state index in [0.717, 1.165) is 0 Å². The van der Waals surface area contributed by atoms with Crippen LogP contribution >= 0.6 is 0 Å². The van der Waals surface area contributed by atoms with E-state index in [9.17, 15) is 14.4 Å². The molecular weight excluding hydrogens is 476 g/mol. The Labute approximate surface area is 204 Å². The number of morpholine rings is 1. The van der Waals surface area contributed by atoms with Crippen LogP contribution in [0.5, 0.6) is 0 Å². The molecule has 4 amide bonds. The summed E-state index contributed by atoms with van der Waals surface area (Å²) >= 11 is 0. The van der Waals surface area contributed by atoms with E-state index in [4.69, 9.17) is 4.74 Å². The number of rotatable bonds is 3. The maximum Gasteiger partial charge on any atom is 0.328 e. The summed E-state index contributed by atoms with van der Waals surface area (Å²) in [6.45, 7) is 5.05. The number of carbonyl (C=O) groups excluding carboxylic acids is 3.